The zero-order valence-electron chi connectivity index (χ0n) is 10.0. The van der Waals surface area contributed by atoms with Gasteiger partial charge >= 0.3 is 0 Å². The van der Waals surface area contributed by atoms with E-state index in [1.54, 1.807) is 12.3 Å². The van der Waals surface area contributed by atoms with Crippen molar-refractivity contribution < 1.29 is 0 Å². The number of halogens is 2. The topological polar surface area (TPSA) is 38.5 Å². The van der Waals surface area contributed by atoms with Crippen LogP contribution in [0.2, 0.25) is 10.0 Å². The molecule has 0 aliphatic carbocycles. The number of hydrogen-bond acceptors (Lipinski definition) is 2. The Balaban J connectivity index is 2.18. The average Bonchev–Trinajstić information content (AvgIpc) is 2.88. The smallest absolute Gasteiger partial charge is 0.178 e. The van der Waals surface area contributed by atoms with Gasteiger partial charge in [-0.2, -0.15) is 0 Å². The maximum absolute atomic E-state index is 6.07. The van der Waals surface area contributed by atoms with Crippen LogP contribution in [0.1, 0.15) is 5.82 Å². The van der Waals surface area contributed by atoms with Crippen LogP contribution < -0.4 is 0 Å². The lowest BCUT2D eigenvalue weighted by molar-refractivity contribution is 0.707. The highest BCUT2D eigenvalue weighted by Crippen LogP contribution is 2.27. The minimum atomic E-state index is 0.509. The van der Waals surface area contributed by atoms with E-state index in [9.17, 15) is 0 Å². The van der Waals surface area contributed by atoms with Crippen LogP contribution in [0.15, 0.2) is 24.5 Å². The number of rotatable bonds is 2. The lowest BCUT2D eigenvalue weighted by atomic mass is 10.3. The predicted octanol–water partition coefficient (Wildman–Crippen LogP) is 3.79. The first kappa shape index (κ1) is 12.7. The van der Waals surface area contributed by atoms with Crippen LogP contribution in [0.3, 0.4) is 0 Å². The third-order valence-electron chi connectivity index (χ3n) is 3.04. The normalized spacial score (nSPS) is 11.3. The van der Waals surface area contributed by atoms with Gasteiger partial charge in [-0.05, 0) is 24.4 Å². The first-order chi connectivity index (χ1) is 9.06. The molecule has 0 saturated carbocycles. The summed E-state index contributed by atoms with van der Waals surface area (Å²) < 4.78 is 4.53. The molecule has 2 heterocycles. The van der Waals surface area contributed by atoms with E-state index in [1.165, 1.54) is 0 Å². The quantitative estimate of drug-likeness (QED) is 0.731. The SMILES string of the molecule is Cn1ccnc1Cn1c(=S)[nH]c2cc(Cl)c(Cl)cc21. The number of hydrogen-bond donors (Lipinski definition) is 1. The maximum atomic E-state index is 6.07. The third-order valence-corrected chi connectivity index (χ3v) is 4.08. The lowest BCUT2D eigenvalue weighted by Gasteiger charge is -2.05. The highest BCUT2D eigenvalue weighted by atomic mass is 35.5. The molecule has 0 unspecified atom stereocenters. The van der Waals surface area contributed by atoms with Crippen LogP contribution in [-0.2, 0) is 13.6 Å². The van der Waals surface area contributed by atoms with Gasteiger partial charge in [0.2, 0.25) is 0 Å². The molecule has 0 bridgehead atoms. The van der Waals surface area contributed by atoms with Gasteiger partial charge in [0.25, 0.3) is 0 Å². The molecule has 98 valence electrons. The fourth-order valence-electron chi connectivity index (χ4n) is 2.00. The van der Waals surface area contributed by atoms with E-state index >= 15 is 0 Å². The molecule has 0 aliphatic heterocycles. The summed E-state index contributed by atoms with van der Waals surface area (Å²) in [6.07, 6.45) is 3.66. The van der Waals surface area contributed by atoms with E-state index in [0.717, 1.165) is 16.9 Å². The molecule has 2 aromatic heterocycles. The second-order valence-corrected chi connectivity index (χ2v) is 5.46. The molecule has 1 aromatic carbocycles. The van der Waals surface area contributed by atoms with Crippen molar-refractivity contribution in [2.45, 2.75) is 6.54 Å². The van der Waals surface area contributed by atoms with E-state index in [0.29, 0.717) is 21.4 Å². The van der Waals surface area contributed by atoms with Gasteiger partial charge in [-0.15, -0.1) is 0 Å². The van der Waals surface area contributed by atoms with Gasteiger partial charge in [-0.25, -0.2) is 4.98 Å². The van der Waals surface area contributed by atoms with Gasteiger partial charge in [0.15, 0.2) is 4.77 Å². The Labute approximate surface area is 124 Å². The van der Waals surface area contributed by atoms with E-state index in [4.69, 9.17) is 35.4 Å². The minimum absolute atomic E-state index is 0.509. The van der Waals surface area contributed by atoms with Gasteiger partial charge in [0.1, 0.15) is 5.82 Å². The molecular weight excluding hydrogens is 303 g/mol. The first-order valence-electron chi connectivity index (χ1n) is 5.60. The van der Waals surface area contributed by atoms with Crippen molar-refractivity contribution in [1.29, 1.82) is 0 Å². The Morgan fingerprint density at radius 2 is 2.05 bits per heavy atom. The molecule has 19 heavy (non-hydrogen) atoms. The largest absolute Gasteiger partial charge is 0.337 e. The maximum Gasteiger partial charge on any atom is 0.178 e. The van der Waals surface area contributed by atoms with Crippen LogP contribution in [0.5, 0.6) is 0 Å². The molecule has 7 heteroatoms. The zero-order valence-corrected chi connectivity index (χ0v) is 12.4. The molecule has 3 aromatic rings. The Morgan fingerprint density at radius 3 is 2.74 bits per heavy atom. The van der Waals surface area contributed by atoms with Crippen molar-refractivity contribution in [3.8, 4) is 0 Å². The molecule has 4 nitrogen and oxygen atoms in total. The summed E-state index contributed by atoms with van der Waals surface area (Å²) in [7, 11) is 1.95. The van der Waals surface area contributed by atoms with Crippen LogP contribution in [0.4, 0.5) is 0 Å². The van der Waals surface area contributed by atoms with Crippen molar-refractivity contribution in [3.05, 3.63) is 45.2 Å². The van der Waals surface area contributed by atoms with Crippen molar-refractivity contribution in [1.82, 2.24) is 19.1 Å². The number of aromatic amines is 1. The summed E-state index contributed by atoms with van der Waals surface area (Å²) in [5, 5.41) is 1.02. The van der Waals surface area contributed by atoms with Gasteiger partial charge < -0.3 is 14.1 Å². The first-order valence-corrected chi connectivity index (χ1v) is 6.76. The number of benzene rings is 1. The fourth-order valence-corrected chi connectivity index (χ4v) is 2.59. The summed E-state index contributed by atoms with van der Waals surface area (Å²) in [6, 6.07) is 3.60. The second kappa shape index (κ2) is 4.67. The van der Waals surface area contributed by atoms with Crippen molar-refractivity contribution in [2.24, 2.45) is 7.05 Å². The van der Waals surface area contributed by atoms with E-state index in [-0.39, 0.29) is 0 Å². The van der Waals surface area contributed by atoms with Crippen LogP contribution >= 0.6 is 35.4 Å². The Kier molecular flexibility index (Phi) is 3.12. The summed E-state index contributed by atoms with van der Waals surface area (Å²) >= 11 is 17.4. The molecule has 0 fully saturated rings. The highest BCUT2D eigenvalue weighted by molar-refractivity contribution is 7.71. The highest BCUT2D eigenvalue weighted by Gasteiger charge is 2.10. The summed E-state index contributed by atoms with van der Waals surface area (Å²) in [5.74, 6) is 0.920. The molecule has 3 rings (SSSR count). The number of nitrogens with zero attached hydrogens (tertiary/aromatic N) is 3. The molecule has 0 radical (unpaired) electrons. The van der Waals surface area contributed by atoms with Crippen LogP contribution in [0.25, 0.3) is 11.0 Å². The minimum Gasteiger partial charge on any atom is -0.337 e. The van der Waals surface area contributed by atoms with Gasteiger partial charge in [0.05, 0.1) is 27.6 Å². The van der Waals surface area contributed by atoms with Crippen molar-refractivity contribution >= 4 is 46.5 Å². The summed E-state index contributed by atoms with van der Waals surface area (Å²) in [4.78, 5) is 7.43. The second-order valence-electron chi connectivity index (χ2n) is 4.25. The predicted molar refractivity (Wildman–Crippen MR) is 79.5 cm³/mol. The van der Waals surface area contributed by atoms with Crippen LogP contribution in [-0.4, -0.2) is 19.1 Å². The number of imidazole rings is 2. The van der Waals surface area contributed by atoms with Crippen LogP contribution in [0, 0.1) is 4.77 Å². The van der Waals surface area contributed by atoms with Crippen molar-refractivity contribution in [3.63, 3.8) is 0 Å². The zero-order chi connectivity index (χ0) is 13.6. The third kappa shape index (κ3) is 2.18. The Hall–Kier alpha value is -1.30. The van der Waals surface area contributed by atoms with E-state index < -0.39 is 0 Å². The standard InChI is InChI=1S/C12H10Cl2N4S/c1-17-3-2-15-11(17)6-18-10-5-8(14)7(13)4-9(10)16-12(18)19/h2-5H,6H2,1H3,(H,16,19). The van der Waals surface area contributed by atoms with Gasteiger partial charge in [0, 0.05) is 19.4 Å². The summed E-state index contributed by atoms with van der Waals surface area (Å²) in [6.45, 7) is 0.584. The Morgan fingerprint density at radius 1 is 1.32 bits per heavy atom. The molecule has 0 aliphatic rings. The number of nitrogens with one attached hydrogen (secondary N) is 1. The van der Waals surface area contributed by atoms with Crippen molar-refractivity contribution in [2.75, 3.05) is 0 Å². The van der Waals surface area contributed by atoms with E-state index in [2.05, 4.69) is 9.97 Å². The molecule has 0 amide bonds. The average molecular weight is 313 g/mol. The molecule has 1 N–H and O–H groups in total. The number of aromatic nitrogens is 4. The number of fused-ring (bicyclic) bond motifs is 1. The molecule has 0 saturated heterocycles. The summed E-state index contributed by atoms with van der Waals surface area (Å²) in [5.41, 5.74) is 1.79. The lowest BCUT2D eigenvalue weighted by Crippen LogP contribution is -2.05. The number of aryl methyl sites for hydroxylation is 1. The van der Waals surface area contributed by atoms with Gasteiger partial charge in [-0.1, -0.05) is 23.2 Å². The molecule has 0 atom stereocenters. The Bertz CT molecular complexity index is 815. The molecular formula is C12H10Cl2N4S. The van der Waals surface area contributed by atoms with Gasteiger partial charge in [-0.3, -0.25) is 0 Å². The molecule has 0 spiro atoms. The number of H-pyrrole nitrogens is 1. The van der Waals surface area contributed by atoms with E-state index in [1.807, 2.05) is 28.4 Å². The fraction of sp³-hybridized carbons (Fsp3) is 0.167. The monoisotopic (exact) mass is 312 g/mol.